The van der Waals surface area contributed by atoms with Gasteiger partial charge in [0.25, 0.3) is 0 Å². The minimum absolute atomic E-state index is 0.0270. The zero-order chi connectivity index (χ0) is 8.36. The van der Waals surface area contributed by atoms with Gasteiger partial charge in [-0.2, -0.15) is 4.20 Å². The van der Waals surface area contributed by atoms with Crippen molar-refractivity contribution in [3.63, 3.8) is 0 Å². The largest absolute Gasteiger partial charge is 0.365 e. The van der Waals surface area contributed by atoms with E-state index >= 15 is 0 Å². The quantitative estimate of drug-likeness (QED) is 0.657. The maximum Gasteiger partial charge on any atom is 0.365 e. The highest BCUT2D eigenvalue weighted by Crippen LogP contribution is 2.44. The molecular weight excluding hydrogens is 154 g/mol. The highest BCUT2D eigenvalue weighted by Gasteiger charge is 2.21. The number of rotatable bonds is 3. The Bertz CT molecular complexity index is 141. The van der Waals surface area contributed by atoms with E-state index in [2.05, 4.69) is 0 Å². The third kappa shape index (κ3) is 4.95. The van der Waals surface area contributed by atoms with E-state index in [0.717, 1.165) is 0 Å². The van der Waals surface area contributed by atoms with Crippen LogP contribution in [0.2, 0.25) is 0 Å². The Hall–Kier alpha value is 0.120. The summed E-state index contributed by atoms with van der Waals surface area (Å²) in [6.07, 6.45) is -0.218. The molecule has 0 aromatic rings. The van der Waals surface area contributed by atoms with Crippen molar-refractivity contribution in [2.45, 2.75) is 20.8 Å². The van der Waals surface area contributed by atoms with E-state index in [1.54, 1.807) is 6.92 Å². The van der Waals surface area contributed by atoms with Crippen molar-refractivity contribution in [2.24, 2.45) is 11.8 Å². The summed E-state index contributed by atoms with van der Waals surface area (Å²) >= 11 is 0. The van der Waals surface area contributed by atoms with Crippen LogP contribution in [0.5, 0.6) is 0 Å². The summed E-state index contributed by atoms with van der Waals surface area (Å²) in [6.45, 7) is 5.58. The fourth-order valence-electron chi connectivity index (χ4n) is 0.566. The van der Waals surface area contributed by atoms with Gasteiger partial charge in [-0.15, -0.1) is 0 Å². The number of halogens is 1. The first-order chi connectivity index (χ1) is 4.33. The van der Waals surface area contributed by atoms with Crippen LogP contribution in [0.15, 0.2) is 0 Å². The van der Waals surface area contributed by atoms with Crippen molar-refractivity contribution >= 4 is 7.68 Å². The van der Waals surface area contributed by atoms with Crippen LogP contribution < -0.4 is 0 Å². The van der Waals surface area contributed by atoms with Crippen molar-refractivity contribution in [1.29, 1.82) is 0 Å². The molecule has 0 heterocycles. The van der Waals surface area contributed by atoms with Crippen LogP contribution >= 0.6 is 7.68 Å². The predicted octanol–water partition coefficient (Wildman–Crippen LogP) is 2.43. The molecule has 62 valence electrons. The Morgan fingerprint density at radius 2 is 1.90 bits per heavy atom. The summed E-state index contributed by atoms with van der Waals surface area (Å²) < 4.78 is 22.3. The maximum atomic E-state index is 12.1. The lowest BCUT2D eigenvalue weighted by Gasteiger charge is -2.14. The normalized spacial score (nSPS) is 20.6. The van der Waals surface area contributed by atoms with Gasteiger partial charge >= 0.3 is 7.68 Å². The van der Waals surface area contributed by atoms with Gasteiger partial charge in [-0.05, 0) is 11.8 Å². The van der Waals surface area contributed by atoms with Crippen LogP contribution in [0.25, 0.3) is 0 Å². The van der Waals surface area contributed by atoms with Crippen molar-refractivity contribution in [3.05, 3.63) is 0 Å². The molecule has 0 fully saturated rings. The Morgan fingerprint density at radius 3 is 2.00 bits per heavy atom. The standard InChI is InChI=1S/C6H14FO2P/c1-5(2)6(3)4-10(7,8)9/h5-6H,4H2,1-3H3,(H,8,9). The molecule has 0 saturated carbocycles. The zero-order valence-electron chi connectivity index (χ0n) is 6.54. The maximum absolute atomic E-state index is 12.1. The molecule has 0 amide bonds. The van der Waals surface area contributed by atoms with E-state index in [9.17, 15) is 8.76 Å². The lowest BCUT2D eigenvalue weighted by atomic mass is 10.0. The van der Waals surface area contributed by atoms with E-state index in [-0.39, 0.29) is 18.0 Å². The van der Waals surface area contributed by atoms with Gasteiger partial charge in [-0.25, -0.2) is 0 Å². The van der Waals surface area contributed by atoms with Crippen LogP contribution in [-0.4, -0.2) is 11.1 Å². The van der Waals surface area contributed by atoms with Crippen LogP contribution in [0.3, 0.4) is 0 Å². The van der Waals surface area contributed by atoms with Crippen molar-refractivity contribution < 1.29 is 13.7 Å². The average Bonchev–Trinajstić information content (AvgIpc) is 1.60. The second-order valence-corrected chi connectivity index (χ2v) is 4.62. The third-order valence-electron chi connectivity index (χ3n) is 1.65. The second kappa shape index (κ2) is 3.49. The van der Waals surface area contributed by atoms with Gasteiger partial charge in [0.2, 0.25) is 0 Å². The molecule has 0 spiro atoms. The number of hydrogen-bond donors (Lipinski definition) is 1. The summed E-state index contributed by atoms with van der Waals surface area (Å²) in [4.78, 5) is 8.33. The first-order valence-electron chi connectivity index (χ1n) is 3.34. The molecule has 10 heavy (non-hydrogen) atoms. The molecule has 0 saturated heterocycles. The fourth-order valence-corrected chi connectivity index (χ4v) is 1.70. The molecule has 0 radical (unpaired) electrons. The molecular formula is C6H14FO2P. The van der Waals surface area contributed by atoms with Crippen LogP contribution in [0.1, 0.15) is 20.8 Å². The van der Waals surface area contributed by atoms with E-state index in [0.29, 0.717) is 0 Å². The smallest absolute Gasteiger partial charge is 0.321 e. The fraction of sp³-hybridized carbons (Fsp3) is 1.00. The van der Waals surface area contributed by atoms with Gasteiger partial charge in [0, 0.05) is 0 Å². The van der Waals surface area contributed by atoms with Crippen molar-refractivity contribution in [3.8, 4) is 0 Å². The molecule has 2 nitrogen and oxygen atoms in total. The molecule has 0 bridgehead atoms. The molecule has 0 aliphatic carbocycles. The summed E-state index contributed by atoms with van der Waals surface area (Å²) in [5, 5.41) is 0. The van der Waals surface area contributed by atoms with Gasteiger partial charge in [0.15, 0.2) is 0 Å². The van der Waals surface area contributed by atoms with Gasteiger partial charge in [0.1, 0.15) is 0 Å². The van der Waals surface area contributed by atoms with Gasteiger partial charge < -0.3 is 4.89 Å². The monoisotopic (exact) mass is 168 g/mol. The zero-order valence-corrected chi connectivity index (χ0v) is 7.44. The van der Waals surface area contributed by atoms with E-state index in [1.807, 2.05) is 13.8 Å². The molecule has 2 atom stereocenters. The van der Waals surface area contributed by atoms with E-state index in [1.165, 1.54) is 0 Å². The van der Waals surface area contributed by atoms with Crippen molar-refractivity contribution in [1.82, 2.24) is 0 Å². The number of hydrogen-bond acceptors (Lipinski definition) is 1. The molecule has 0 aromatic carbocycles. The molecule has 2 unspecified atom stereocenters. The Balaban J connectivity index is 3.80. The van der Waals surface area contributed by atoms with Crippen molar-refractivity contribution in [2.75, 3.05) is 6.16 Å². The lowest BCUT2D eigenvalue weighted by molar-refractivity contribution is 0.390. The Morgan fingerprint density at radius 1 is 1.50 bits per heavy atom. The average molecular weight is 168 g/mol. The van der Waals surface area contributed by atoms with Crippen LogP contribution in [0, 0.1) is 11.8 Å². The third-order valence-corrected chi connectivity index (χ3v) is 2.68. The first-order valence-corrected chi connectivity index (χ1v) is 5.08. The van der Waals surface area contributed by atoms with Crippen LogP contribution in [0.4, 0.5) is 4.20 Å². The van der Waals surface area contributed by atoms with Gasteiger partial charge in [-0.1, -0.05) is 20.8 Å². The SMILES string of the molecule is CC(C)C(C)CP(=O)(O)F. The van der Waals surface area contributed by atoms with E-state index in [4.69, 9.17) is 4.89 Å². The topological polar surface area (TPSA) is 37.3 Å². The summed E-state index contributed by atoms with van der Waals surface area (Å²) in [7, 11) is -4.28. The Labute approximate surface area is 61.0 Å². The highest BCUT2D eigenvalue weighted by molar-refractivity contribution is 7.52. The molecule has 1 N–H and O–H groups in total. The molecule has 0 rings (SSSR count). The first kappa shape index (κ1) is 10.1. The van der Waals surface area contributed by atoms with E-state index < -0.39 is 7.68 Å². The molecule has 0 aromatic heterocycles. The molecule has 0 aliphatic rings. The summed E-state index contributed by atoms with van der Waals surface area (Å²) in [6, 6.07) is 0. The predicted molar refractivity (Wildman–Crippen MR) is 39.8 cm³/mol. The highest BCUT2D eigenvalue weighted by atomic mass is 31.2. The van der Waals surface area contributed by atoms with Gasteiger partial charge in [-0.3, -0.25) is 4.57 Å². The summed E-state index contributed by atoms with van der Waals surface area (Å²) in [5.74, 6) is 0.233. The second-order valence-electron chi connectivity index (χ2n) is 3.02. The molecule has 4 heteroatoms. The molecule has 0 aliphatic heterocycles. The van der Waals surface area contributed by atoms with Gasteiger partial charge in [0.05, 0.1) is 6.16 Å². The Kier molecular flexibility index (Phi) is 3.54. The minimum atomic E-state index is -4.28. The minimum Gasteiger partial charge on any atom is -0.321 e. The lowest BCUT2D eigenvalue weighted by Crippen LogP contribution is -2.07. The van der Waals surface area contributed by atoms with Crippen LogP contribution in [-0.2, 0) is 4.57 Å². The summed E-state index contributed by atoms with van der Waals surface area (Å²) in [5.41, 5.74) is 0.